The SMILES string of the molecule is CCC(C)(CNc1nccn2c(C)nnc12)C(=O)O. The molecule has 2 aromatic rings. The number of aliphatic carboxylic acids is 1. The van der Waals surface area contributed by atoms with Gasteiger partial charge in [-0.05, 0) is 20.3 Å². The minimum atomic E-state index is -0.830. The van der Waals surface area contributed by atoms with Crippen molar-refractivity contribution in [1.82, 2.24) is 19.6 Å². The number of carboxylic acid groups (broad SMARTS) is 1. The van der Waals surface area contributed by atoms with Gasteiger partial charge in [-0.1, -0.05) is 6.92 Å². The molecule has 102 valence electrons. The Bertz CT molecular complexity index is 609. The summed E-state index contributed by atoms with van der Waals surface area (Å²) < 4.78 is 1.80. The molecule has 1 atom stereocenters. The van der Waals surface area contributed by atoms with Gasteiger partial charge in [-0.25, -0.2) is 4.98 Å². The third-order valence-electron chi connectivity index (χ3n) is 3.44. The highest BCUT2D eigenvalue weighted by atomic mass is 16.4. The molecule has 0 fully saturated rings. The number of hydrogen-bond acceptors (Lipinski definition) is 5. The Morgan fingerprint density at radius 2 is 2.26 bits per heavy atom. The number of anilines is 1. The topological polar surface area (TPSA) is 92.4 Å². The van der Waals surface area contributed by atoms with Crippen LogP contribution in [0.25, 0.3) is 5.65 Å². The standard InChI is InChI=1S/C12H17N5O2/c1-4-12(3,11(18)19)7-14-9-10-16-15-8(2)17(10)6-5-13-9/h5-6H,4,7H2,1-3H3,(H,13,14)(H,18,19). The van der Waals surface area contributed by atoms with Crippen LogP contribution in [0.15, 0.2) is 12.4 Å². The van der Waals surface area contributed by atoms with Crippen LogP contribution in [0.2, 0.25) is 0 Å². The summed E-state index contributed by atoms with van der Waals surface area (Å²) in [7, 11) is 0. The van der Waals surface area contributed by atoms with Gasteiger partial charge in [0.25, 0.3) is 0 Å². The van der Waals surface area contributed by atoms with E-state index in [1.807, 2.05) is 13.8 Å². The molecule has 2 rings (SSSR count). The predicted octanol–water partition coefficient (Wildman–Crippen LogP) is 1.35. The zero-order valence-electron chi connectivity index (χ0n) is 11.2. The van der Waals surface area contributed by atoms with Crippen LogP contribution >= 0.6 is 0 Å². The Morgan fingerprint density at radius 1 is 1.53 bits per heavy atom. The van der Waals surface area contributed by atoms with Gasteiger partial charge in [-0.15, -0.1) is 10.2 Å². The van der Waals surface area contributed by atoms with Gasteiger partial charge in [-0.3, -0.25) is 9.20 Å². The second kappa shape index (κ2) is 4.83. The van der Waals surface area contributed by atoms with Crippen molar-refractivity contribution in [2.75, 3.05) is 11.9 Å². The normalized spacial score (nSPS) is 14.3. The minimum absolute atomic E-state index is 0.289. The smallest absolute Gasteiger partial charge is 0.311 e. The van der Waals surface area contributed by atoms with Crippen LogP contribution in [0, 0.1) is 12.3 Å². The first-order valence-corrected chi connectivity index (χ1v) is 6.11. The third kappa shape index (κ3) is 2.35. The maximum atomic E-state index is 11.2. The van der Waals surface area contributed by atoms with E-state index in [1.165, 1.54) is 0 Å². The molecule has 0 aliphatic rings. The number of fused-ring (bicyclic) bond motifs is 1. The monoisotopic (exact) mass is 263 g/mol. The summed E-state index contributed by atoms with van der Waals surface area (Å²) in [5, 5.41) is 20.3. The quantitative estimate of drug-likeness (QED) is 0.845. The number of nitrogens with one attached hydrogen (secondary N) is 1. The van der Waals surface area contributed by atoms with Crippen LogP contribution in [0.3, 0.4) is 0 Å². The van der Waals surface area contributed by atoms with E-state index in [4.69, 9.17) is 0 Å². The van der Waals surface area contributed by atoms with Crippen molar-refractivity contribution in [3.8, 4) is 0 Å². The molecule has 7 nitrogen and oxygen atoms in total. The van der Waals surface area contributed by atoms with Crippen molar-refractivity contribution in [3.63, 3.8) is 0 Å². The van der Waals surface area contributed by atoms with Crippen molar-refractivity contribution in [3.05, 3.63) is 18.2 Å². The molecule has 0 amide bonds. The summed E-state index contributed by atoms with van der Waals surface area (Å²) in [4.78, 5) is 15.4. The summed E-state index contributed by atoms with van der Waals surface area (Å²) in [6.07, 6.45) is 3.94. The molecule has 0 spiro atoms. The lowest BCUT2D eigenvalue weighted by molar-refractivity contribution is -0.147. The highest BCUT2D eigenvalue weighted by Gasteiger charge is 2.31. The maximum absolute atomic E-state index is 11.2. The Labute approximate surface area is 110 Å². The van der Waals surface area contributed by atoms with Gasteiger partial charge in [0, 0.05) is 18.9 Å². The Balaban J connectivity index is 2.25. The zero-order valence-corrected chi connectivity index (χ0v) is 11.2. The number of hydrogen-bond donors (Lipinski definition) is 2. The van der Waals surface area contributed by atoms with E-state index >= 15 is 0 Å². The van der Waals surface area contributed by atoms with E-state index in [9.17, 15) is 9.90 Å². The van der Waals surface area contributed by atoms with Gasteiger partial charge < -0.3 is 10.4 Å². The van der Waals surface area contributed by atoms with Crippen LogP contribution in [-0.4, -0.2) is 37.2 Å². The third-order valence-corrected chi connectivity index (χ3v) is 3.44. The van der Waals surface area contributed by atoms with Crippen molar-refractivity contribution < 1.29 is 9.90 Å². The first-order valence-electron chi connectivity index (χ1n) is 6.11. The van der Waals surface area contributed by atoms with Crippen molar-refractivity contribution in [2.24, 2.45) is 5.41 Å². The molecule has 2 heterocycles. The van der Waals surface area contributed by atoms with E-state index < -0.39 is 11.4 Å². The van der Waals surface area contributed by atoms with Crippen LogP contribution < -0.4 is 5.32 Å². The number of rotatable bonds is 5. The molecule has 2 N–H and O–H groups in total. The van der Waals surface area contributed by atoms with Crippen LogP contribution in [0.1, 0.15) is 26.1 Å². The summed E-state index contributed by atoms with van der Waals surface area (Å²) >= 11 is 0. The maximum Gasteiger partial charge on any atom is 0.311 e. The number of nitrogens with zero attached hydrogens (tertiary/aromatic N) is 4. The van der Waals surface area contributed by atoms with Gasteiger partial charge in [0.15, 0.2) is 5.82 Å². The van der Waals surface area contributed by atoms with Gasteiger partial charge in [0.1, 0.15) is 5.82 Å². The molecule has 0 aliphatic heterocycles. The van der Waals surface area contributed by atoms with E-state index in [0.29, 0.717) is 17.9 Å². The van der Waals surface area contributed by atoms with Crippen molar-refractivity contribution in [2.45, 2.75) is 27.2 Å². The number of aromatic nitrogens is 4. The first-order chi connectivity index (χ1) is 8.98. The second-order valence-corrected chi connectivity index (χ2v) is 4.79. The van der Waals surface area contributed by atoms with Crippen molar-refractivity contribution in [1.29, 1.82) is 0 Å². The minimum Gasteiger partial charge on any atom is -0.481 e. The first kappa shape index (κ1) is 13.3. The Morgan fingerprint density at radius 3 is 2.89 bits per heavy atom. The van der Waals surface area contributed by atoms with Crippen LogP contribution in [0.4, 0.5) is 5.82 Å². The molecule has 0 bridgehead atoms. The average molecular weight is 263 g/mol. The van der Waals surface area contributed by atoms with Gasteiger partial charge in [-0.2, -0.15) is 0 Å². The van der Waals surface area contributed by atoms with Crippen LogP contribution in [0.5, 0.6) is 0 Å². The summed E-state index contributed by atoms with van der Waals surface area (Å²) in [6.45, 7) is 5.69. The number of carboxylic acids is 1. The lowest BCUT2D eigenvalue weighted by Gasteiger charge is -2.23. The van der Waals surface area contributed by atoms with E-state index in [-0.39, 0.29) is 6.54 Å². The van der Waals surface area contributed by atoms with E-state index in [0.717, 1.165) is 5.82 Å². The second-order valence-electron chi connectivity index (χ2n) is 4.79. The summed E-state index contributed by atoms with van der Waals surface area (Å²) in [5.41, 5.74) is -0.229. The van der Waals surface area contributed by atoms with Gasteiger partial charge in [0.2, 0.25) is 5.65 Å². The number of aryl methyl sites for hydroxylation is 1. The van der Waals surface area contributed by atoms with Gasteiger partial charge in [0.05, 0.1) is 5.41 Å². The fourth-order valence-corrected chi connectivity index (χ4v) is 1.70. The van der Waals surface area contributed by atoms with E-state index in [1.54, 1.807) is 23.7 Å². The molecule has 2 aromatic heterocycles. The molecule has 1 unspecified atom stereocenters. The fourth-order valence-electron chi connectivity index (χ4n) is 1.70. The molecule has 19 heavy (non-hydrogen) atoms. The highest BCUT2D eigenvalue weighted by Crippen LogP contribution is 2.22. The lowest BCUT2D eigenvalue weighted by Crippen LogP contribution is -2.34. The number of carbonyl (C=O) groups is 1. The van der Waals surface area contributed by atoms with Crippen LogP contribution in [-0.2, 0) is 4.79 Å². The van der Waals surface area contributed by atoms with E-state index in [2.05, 4.69) is 20.5 Å². The fraction of sp³-hybridized carbons (Fsp3) is 0.500. The predicted molar refractivity (Wildman–Crippen MR) is 70.0 cm³/mol. The molecule has 7 heteroatoms. The lowest BCUT2D eigenvalue weighted by atomic mass is 9.88. The molecule has 0 aliphatic carbocycles. The molecule has 0 saturated heterocycles. The largest absolute Gasteiger partial charge is 0.481 e. The van der Waals surface area contributed by atoms with Gasteiger partial charge >= 0.3 is 5.97 Å². The molecule has 0 radical (unpaired) electrons. The molecule has 0 saturated carbocycles. The Kier molecular flexibility index (Phi) is 3.37. The molecule has 0 aromatic carbocycles. The zero-order chi connectivity index (χ0) is 14.0. The highest BCUT2D eigenvalue weighted by molar-refractivity contribution is 5.75. The Hall–Kier alpha value is -2.18. The molecular formula is C12H17N5O2. The summed E-state index contributed by atoms with van der Waals surface area (Å²) in [5.74, 6) is 0.480. The van der Waals surface area contributed by atoms with Crippen molar-refractivity contribution >= 4 is 17.4 Å². The molecular weight excluding hydrogens is 246 g/mol. The average Bonchev–Trinajstić information content (AvgIpc) is 2.78. The summed E-state index contributed by atoms with van der Waals surface area (Å²) in [6, 6.07) is 0.